The Labute approximate surface area is 173 Å². The Kier molecular flexibility index (Phi) is 6.07. The maximum atomic E-state index is 5.93. The summed E-state index contributed by atoms with van der Waals surface area (Å²) >= 11 is 0. The first-order valence-electron chi connectivity index (χ1n) is 10.1. The standard InChI is InChI=1S/C28H26O/c1-29-28-26(18-23-13-7-3-8-14-23)20-25(17-22-11-5-2-6-12-22)21-27(28)19-24-15-9-4-10-16-24/h2-16,20-21H,17-19H2,1H3. The van der Waals surface area contributed by atoms with Crippen LogP contribution in [-0.2, 0) is 19.3 Å². The molecule has 0 N–H and O–H groups in total. The van der Waals surface area contributed by atoms with Crippen LogP contribution in [-0.4, -0.2) is 7.11 Å². The zero-order valence-corrected chi connectivity index (χ0v) is 16.8. The first-order chi connectivity index (χ1) is 14.3. The predicted molar refractivity (Wildman–Crippen MR) is 121 cm³/mol. The van der Waals surface area contributed by atoms with Crippen LogP contribution >= 0.6 is 0 Å². The number of rotatable bonds is 7. The number of hydrogen-bond donors (Lipinski definition) is 0. The maximum absolute atomic E-state index is 5.93. The molecule has 0 heterocycles. The zero-order valence-electron chi connectivity index (χ0n) is 16.8. The second-order valence-corrected chi connectivity index (χ2v) is 7.43. The molecule has 0 radical (unpaired) electrons. The Balaban J connectivity index is 1.74. The molecule has 0 aliphatic rings. The Morgan fingerprint density at radius 1 is 0.483 bits per heavy atom. The van der Waals surface area contributed by atoms with Gasteiger partial charge in [0, 0.05) is 12.8 Å². The highest BCUT2D eigenvalue weighted by molar-refractivity contribution is 5.49. The lowest BCUT2D eigenvalue weighted by Gasteiger charge is -2.17. The normalized spacial score (nSPS) is 10.7. The molecule has 144 valence electrons. The quantitative estimate of drug-likeness (QED) is 0.358. The van der Waals surface area contributed by atoms with Gasteiger partial charge in [0.05, 0.1) is 7.11 Å². The first kappa shape index (κ1) is 19.0. The third kappa shape index (κ3) is 4.94. The van der Waals surface area contributed by atoms with Crippen molar-refractivity contribution >= 4 is 0 Å². The molecule has 0 saturated carbocycles. The van der Waals surface area contributed by atoms with E-state index in [9.17, 15) is 0 Å². The van der Waals surface area contributed by atoms with Gasteiger partial charge in [0.2, 0.25) is 0 Å². The van der Waals surface area contributed by atoms with E-state index in [1.807, 2.05) is 0 Å². The van der Waals surface area contributed by atoms with E-state index in [4.69, 9.17) is 4.74 Å². The summed E-state index contributed by atoms with van der Waals surface area (Å²) in [4.78, 5) is 0. The van der Waals surface area contributed by atoms with Gasteiger partial charge in [-0.25, -0.2) is 0 Å². The molecule has 1 nitrogen and oxygen atoms in total. The summed E-state index contributed by atoms with van der Waals surface area (Å²) in [5.41, 5.74) is 7.75. The lowest BCUT2D eigenvalue weighted by molar-refractivity contribution is 0.406. The largest absolute Gasteiger partial charge is 0.496 e. The minimum absolute atomic E-state index is 0.869. The van der Waals surface area contributed by atoms with Crippen LogP contribution in [0.15, 0.2) is 103 Å². The minimum atomic E-state index is 0.869. The van der Waals surface area contributed by atoms with E-state index in [0.29, 0.717) is 0 Å². The Hall–Kier alpha value is -3.32. The van der Waals surface area contributed by atoms with E-state index in [1.54, 1.807) is 7.11 Å². The predicted octanol–water partition coefficient (Wildman–Crippen LogP) is 6.47. The first-order valence-corrected chi connectivity index (χ1v) is 10.1. The third-order valence-corrected chi connectivity index (χ3v) is 5.23. The van der Waals surface area contributed by atoms with Crippen LogP contribution < -0.4 is 4.74 Å². The van der Waals surface area contributed by atoms with Gasteiger partial charge in [0.15, 0.2) is 0 Å². The molecule has 0 amide bonds. The van der Waals surface area contributed by atoms with E-state index < -0.39 is 0 Å². The molecule has 0 aromatic heterocycles. The van der Waals surface area contributed by atoms with Gasteiger partial charge in [-0.15, -0.1) is 0 Å². The Bertz CT molecular complexity index is 975. The summed E-state index contributed by atoms with van der Waals surface area (Å²) in [7, 11) is 1.79. The molecule has 0 saturated heterocycles. The van der Waals surface area contributed by atoms with Crippen molar-refractivity contribution in [1.82, 2.24) is 0 Å². The van der Waals surface area contributed by atoms with E-state index in [1.165, 1.54) is 33.4 Å². The molecule has 4 aromatic rings. The van der Waals surface area contributed by atoms with Gasteiger partial charge in [-0.1, -0.05) is 103 Å². The van der Waals surface area contributed by atoms with Crippen molar-refractivity contribution in [1.29, 1.82) is 0 Å². The average Bonchev–Trinajstić information content (AvgIpc) is 2.76. The van der Waals surface area contributed by atoms with Crippen molar-refractivity contribution in [2.24, 2.45) is 0 Å². The fourth-order valence-corrected chi connectivity index (χ4v) is 3.92. The molecule has 0 aliphatic heterocycles. The van der Waals surface area contributed by atoms with E-state index in [2.05, 4.69) is 103 Å². The molecule has 4 aromatic carbocycles. The highest BCUT2D eigenvalue weighted by Gasteiger charge is 2.13. The molecule has 0 spiro atoms. The third-order valence-electron chi connectivity index (χ3n) is 5.23. The second kappa shape index (κ2) is 9.25. The molecule has 0 bridgehead atoms. The van der Waals surface area contributed by atoms with Gasteiger partial charge in [0.25, 0.3) is 0 Å². The van der Waals surface area contributed by atoms with Crippen LogP contribution in [0.1, 0.15) is 33.4 Å². The molecule has 0 unspecified atom stereocenters. The highest BCUT2D eigenvalue weighted by atomic mass is 16.5. The molecule has 0 fully saturated rings. The monoisotopic (exact) mass is 378 g/mol. The molecule has 0 aliphatic carbocycles. The minimum Gasteiger partial charge on any atom is -0.496 e. The Morgan fingerprint density at radius 3 is 1.24 bits per heavy atom. The van der Waals surface area contributed by atoms with Gasteiger partial charge in [-0.05, 0) is 39.8 Å². The van der Waals surface area contributed by atoms with Crippen molar-refractivity contribution in [3.8, 4) is 5.75 Å². The average molecular weight is 379 g/mol. The summed E-state index contributed by atoms with van der Waals surface area (Å²) in [6, 6.07) is 36.5. The number of methoxy groups -OCH3 is 1. The molecule has 4 rings (SSSR count). The summed E-state index contributed by atoms with van der Waals surface area (Å²) in [6.45, 7) is 0. The maximum Gasteiger partial charge on any atom is 0.125 e. The van der Waals surface area contributed by atoms with E-state index in [-0.39, 0.29) is 0 Å². The van der Waals surface area contributed by atoms with Gasteiger partial charge in [-0.2, -0.15) is 0 Å². The summed E-state index contributed by atoms with van der Waals surface area (Å²) in [5.74, 6) is 1.01. The van der Waals surface area contributed by atoms with Crippen LogP contribution in [0.3, 0.4) is 0 Å². The van der Waals surface area contributed by atoms with Crippen molar-refractivity contribution in [2.45, 2.75) is 19.3 Å². The molecule has 0 atom stereocenters. The zero-order chi connectivity index (χ0) is 19.9. The van der Waals surface area contributed by atoms with Gasteiger partial charge < -0.3 is 4.74 Å². The van der Waals surface area contributed by atoms with Crippen LogP contribution in [0.25, 0.3) is 0 Å². The SMILES string of the molecule is COc1c(Cc2ccccc2)cc(Cc2ccccc2)cc1Cc1ccccc1. The van der Waals surface area contributed by atoms with Crippen molar-refractivity contribution in [3.05, 3.63) is 137 Å². The van der Waals surface area contributed by atoms with Gasteiger partial charge >= 0.3 is 0 Å². The fourth-order valence-electron chi connectivity index (χ4n) is 3.92. The number of hydrogen-bond acceptors (Lipinski definition) is 1. The molecular formula is C28H26O. The van der Waals surface area contributed by atoms with E-state index in [0.717, 1.165) is 25.0 Å². The van der Waals surface area contributed by atoms with Crippen molar-refractivity contribution in [3.63, 3.8) is 0 Å². The number of benzene rings is 4. The van der Waals surface area contributed by atoms with Gasteiger partial charge in [-0.3, -0.25) is 0 Å². The molecule has 29 heavy (non-hydrogen) atoms. The van der Waals surface area contributed by atoms with Crippen LogP contribution in [0.5, 0.6) is 5.75 Å². The fraction of sp³-hybridized carbons (Fsp3) is 0.143. The summed E-state index contributed by atoms with van der Waals surface area (Å²) < 4.78 is 5.93. The van der Waals surface area contributed by atoms with Crippen LogP contribution in [0.4, 0.5) is 0 Å². The van der Waals surface area contributed by atoms with Crippen molar-refractivity contribution < 1.29 is 4.74 Å². The lowest BCUT2D eigenvalue weighted by Crippen LogP contribution is -2.02. The van der Waals surface area contributed by atoms with Crippen LogP contribution in [0, 0.1) is 0 Å². The van der Waals surface area contributed by atoms with Gasteiger partial charge in [0.1, 0.15) is 5.75 Å². The Morgan fingerprint density at radius 2 is 0.862 bits per heavy atom. The smallest absolute Gasteiger partial charge is 0.125 e. The lowest BCUT2D eigenvalue weighted by atomic mass is 9.92. The topological polar surface area (TPSA) is 9.23 Å². The second-order valence-electron chi connectivity index (χ2n) is 7.43. The van der Waals surface area contributed by atoms with Crippen LogP contribution in [0.2, 0.25) is 0 Å². The van der Waals surface area contributed by atoms with E-state index >= 15 is 0 Å². The number of ether oxygens (including phenoxy) is 1. The summed E-state index contributed by atoms with van der Waals surface area (Å²) in [6.07, 6.45) is 2.66. The molecular weight excluding hydrogens is 352 g/mol. The van der Waals surface area contributed by atoms with Crippen molar-refractivity contribution in [2.75, 3.05) is 7.11 Å². The molecule has 1 heteroatoms. The summed E-state index contributed by atoms with van der Waals surface area (Å²) in [5, 5.41) is 0. The highest BCUT2D eigenvalue weighted by Crippen LogP contribution is 2.31.